The fraction of sp³-hybridized carbons (Fsp3) is 0.433. The second kappa shape index (κ2) is 33.5. The molecule has 15 N–H and O–H groups in total. The van der Waals surface area contributed by atoms with Gasteiger partial charge in [-0.1, -0.05) is 50.6 Å². The molecule has 14 atom stereocenters. The van der Waals surface area contributed by atoms with Crippen molar-refractivity contribution in [3.05, 3.63) is 102 Å². The molecule has 3 aliphatic heterocycles. The van der Waals surface area contributed by atoms with Crippen LogP contribution in [-0.2, 0) is 42.9 Å². The van der Waals surface area contributed by atoms with Gasteiger partial charge in [0.25, 0.3) is 18.2 Å². The Morgan fingerprint density at radius 3 is 1.98 bits per heavy atom. The number of aliphatic hydroxyl groups is 7. The summed E-state index contributed by atoms with van der Waals surface area (Å²) in [7, 11) is 0. The normalized spacial score (nSPS) is 24.5. The molecular weight excluding hydrogens is 1270 g/mol. The number of phenols is 1. The molecule has 3 saturated heterocycles. The van der Waals surface area contributed by atoms with E-state index in [0.29, 0.717) is 22.6 Å². The van der Waals surface area contributed by atoms with E-state index < -0.39 is 183 Å². The van der Waals surface area contributed by atoms with Crippen LogP contribution in [0.15, 0.2) is 95.4 Å². The number of unbranched alkanes of at least 4 members (excludes halogenated alkanes) is 1. The number of hydrogen-bond acceptors (Lipinski definition) is 25. The van der Waals surface area contributed by atoms with E-state index in [-0.39, 0.29) is 64.8 Å². The zero-order valence-corrected chi connectivity index (χ0v) is 54.0. The number of rotatable bonds is 20. The summed E-state index contributed by atoms with van der Waals surface area (Å²) in [6, 6.07) is 11.3. The Balaban J connectivity index is 0.0000125. The van der Waals surface area contributed by atoms with Gasteiger partial charge in [0, 0.05) is 55.1 Å². The number of nitrogens with zero attached hydrogens (tertiary/aromatic N) is 4. The molecule has 0 saturated carbocycles. The Morgan fingerprint density at radius 2 is 1.36 bits per heavy atom. The number of amides is 8. The van der Waals surface area contributed by atoms with Gasteiger partial charge in [0.15, 0.2) is 11.5 Å². The summed E-state index contributed by atoms with van der Waals surface area (Å²) in [4.78, 5) is 115. The standard InChI is InChI=1S/C60H72N10O22S.Na/c1-4-5-20-88-38-17-14-31(15-18-38)30-6-10-33(11-7-30)57-67-68-58(89-57)34-12-8-32(9-13-34)52(80)63-39-22-36(72)25-62-56(84)48-49(77)28(2)26-70(48)60(86)46(42(75)24-44(61)76)65-55(83)47(51(79)50(78)35-16-19-41(74)43(21-35)90-93-92-91-87)66-54(82)40-23-37(73)27-69(40)59(85)45(29(3)71)64-53(39)81;/h6-19,21,28-29,36-37,39-40,42,45-51,71-75,77-79,87H,4-5,20,22-27H2,1-3H3,(H2,61,76)(H,62,84)(H,63,80)(H,64,81)(H,65,83)(H,66,82);/q;+1/p-1/t28?,29?,36?,37?,39-,40?,42?,45?,46?,47?,48?,49?,50?,51?;/m0./s1. The third-order valence-electron chi connectivity index (χ3n) is 15.8. The zero-order chi connectivity index (χ0) is 67.4. The van der Waals surface area contributed by atoms with Gasteiger partial charge in [-0.15, -0.1) is 14.5 Å². The molecule has 0 aliphatic carbocycles. The van der Waals surface area contributed by atoms with Crippen LogP contribution in [0.5, 0.6) is 17.2 Å². The molecule has 8 amide bonds. The zero-order valence-electron chi connectivity index (χ0n) is 51.2. The Labute approximate surface area is 563 Å². The van der Waals surface area contributed by atoms with E-state index >= 15 is 0 Å². The number of primary amides is 1. The molecule has 0 spiro atoms. The number of carbonyl (C=O) groups is 8. The molecule has 32 nitrogen and oxygen atoms in total. The first-order chi connectivity index (χ1) is 44.4. The van der Waals surface area contributed by atoms with Gasteiger partial charge in [-0.05, 0) is 90.7 Å². The average Bonchev–Trinajstić information content (AvgIpc) is 1.61. The third kappa shape index (κ3) is 18.1. The van der Waals surface area contributed by atoms with Gasteiger partial charge in [0.2, 0.25) is 53.1 Å². The summed E-state index contributed by atoms with van der Waals surface area (Å²) in [5.41, 5.74) is 7.84. The van der Waals surface area contributed by atoms with Gasteiger partial charge in [-0.2, -0.15) is 0 Å². The van der Waals surface area contributed by atoms with E-state index in [4.69, 9.17) is 19.1 Å². The van der Waals surface area contributed by atoms with Crippen LogP contribution in [0.4, 0.5) is 0 Å². The molecule has 4 heterocycles. The fourth-order valence-corrected chi connectivity index (χ4v) is 11.0. The second-order valence-electron chi connectivity index (χ2n) is 22.6. The number of aromatic hydroxyl groups is 1. The van der Waals surface area contributed by atoms with Crippen LogP contribution < -0.4 is 76.1 Å². The summed E-state index contributed by atoms with van der Waals surface area (Å²) in [6.45, 7) is 3.34. The Bertz CT molecular complexity index is 3460. The molecule has 8 rings (SSSR count). The van der Waals surface area contributed by atoms with E-state index in [1.165, 1.54) is 31.2 Å². The van der Waals surface area contributed by atoms with Gasteiger partial charge in [-0.3, -0.25) is 43.4 Å². The van der Waals surface area contributed by atoms with E-state index in [1.807, 2.05) is 48.5 Å². The molecule has 34 heteroatoms. The van der Waals surface area contributed by atoms with Crippen molar-refractivity contribution in [1.29, 1.82) is 0 Å². The summed E-state index contributed by atoms with van der Waals surface area (Å²) in [5, 5.41) is 124. The van der Waals surface area contributed by atoms with Gasteiger partial charge in [0.05, 0.1) is 43.5 Å². The average molecular weight is 1340 g/mol. The van der Waals surface area contributed by atoms with Crippen LogP contribution in [0.3, 0.4) is 0 Å². The number of ether oxygens (including phenoxy) is 1. The van der Waals surface area contributed by atoms with Crippen molar-refractivity contribution in [3.8, 4) is 51.3 Å². The minimum absolute atomic E-state index is 0. The minimum Gasteiger partial charge on any atom is -0.691 e. The van der Waals surface area contributed by atoms with Crippen molar-refractivity contribution < 1.29 is 137 Å². The van der Waals surface area contributed by atoms with E-state index in [9.17, 15) is 84.5 Å². The van der Waals surface area contributed by atoms with Crippen LogP contribution in [0.1, 0.15) is 74.9 Å². The SMILES string of the molecule is CCCCOc1ccc(-c2ccc(-c3nnc(-c4ccc(C(=O)N[C@H]5CC(O)CNC(=O)C6C(O)C(C)CN6C(=O)C(C(O)CC(N)=O)NC(=O)C(C(O)C(O)c6ccc(O)c(OSOO[O-])c6)NC(=O)C6CC(O)CN6C(=O)C(C(C)O)NC5=O)cc4)o3)cc2)cc1.[Na+]. The molecule has 5 aromatic rings. The molecule has 4 aromatic carbocycles. The Hall–Kier alpha value is -7.87. The molecule has 94 heavy (non-hydrogen) atoms. The number of aromatic nitrogens is 2. The maximum Gasteiger partial charge on any atom is 1.00 e. The molecule has 1 aromatic heterocycles. The predicted molar refractivity (Wildman–Crippen MR) is 319 cm³/mol. The Kier molecular flexibility index (Phi) is 26.2. The summed E-state index contributed by atoms with van der Waals surface area (Å²) >= 11 is -0.0894. The summed E-state index contributed by atoms with van der Waals surface area (Å²) < 4.78 is 20.8. The number of hydrogen-bond donors (Lipinski definition) is 14. The maximum absolute atomic E-state index is 14.7. The third-order valence-corrected chi connectivity index (χ3v) is 16.2. The van der Waals surface area contributed by atoms with Crippen molar-refractivity contribution in [2.75, 3.05) is 26.2 Å². The first-order valence-electron chi connectivity index (χ1n) is 29.4. The minimum atomic E-state index is -2.55. The van der Waals surface area contributed by atoms with E-state index in [0.717, 1.165) is 59.7 Å². The number of aliphatic hydroxyl groups excluding tert-OH is 7. The van der Waals surface area contributed by atoms with Crippen LogP contribution in [-0.4, -0.2) is 207 Å². The van der Waals surface area contributed by atoms with Crippen LogP contribution in [0, 0.1) is 5.92 Å². The van der Waals surface area contributed by atoms with E-state index in [2.05, 4.69) is 53.1 Å². The summed E-state index contributed by atoms with van der Waals surface area (Å²) in [5.74, 6) is -11.1. The number of phenolic OH excluding ortho intramolecular Hbond substituents is 1. The van der Waals surface area contributed by atoms with Crippen molar-refractivity contribution >= 4 is 59.6 Å². The molecule has 3 fully saturated rings. The number of carbonyl (C=O) groups excluding carboxylic acids is 8. The van der Waals surface area contributed by atoms with Gasteiger partial charge >= 0.3 is 29.6 Å². The number of nitrogens with two attached hydrogens (primary N) is 1. The monoisotopic (exact) mass is 1340 g/mol. The number of fused-ring (bicyclic) bond motifs is 2. The Morgan fingerprint density at radius 1 is 0.766 bits per heavy atom. The summed E-state index contributed by atoms with van der Waals surface area (Å²) in [6.07, 6.45) is -14.3. The molecule has 0 bridgehead atoms. The first kappa shape index (κ1) is 73.5. The molecule has 13 unspecified atom stereocenters. The topological polar surface area (TPSA) is 490 Å². The van der Waals surface area contributed by atoms with Crippen LogP contribution in [0.25, 0.3) is 34.0 Å². The van der Waals surface area contributed by atoms with Crippen LogP contribution >= 0.6 is 12.3 Å². The van der Waals surface area contributed by atoms with Crippen molar-refractivity contribution in [2.45, 2.75) is 132 Å². The van der Waals surface area contributed by atoms with E-state index in [1.54, 1.807) is 0 Å². The quantitative estimate of drug-likeness (QED) is 0.0114. The molecule has 500 valence electrons. The largest absolute Gasteiger partial charge is 1.00 e. The van der Waals surface area contributed by atoms with Gasteiger partial charge < -0.3 is 102 Å². The first-order valence-corrected chi connectivity index (χ1v) is 30.1. The molecule has 0 radical (unpaired) electrons. The maximum atomic E-state index is 14.7. The number of benzene rings is 4. The van der Waals surface area contributed by atoms with Gasteiger partial charge in [-0.25, -0.2) is 0 Å². The van der Waals surface area contributed by atoms with Crippen molar-refractivity contribution in [2.24, 2.45) is 11.7 Å². The van der Waals surface area contributed by atoms with Crippen molar-refractivity contribution in [3.63, 3.8) is 0 Å². The molecule has 3 aliphatic rings. The van der Waals surface area contributed by atoms with Crippen molar-refractivity contribution in [1.82, 2.24) is 46.6 Å². The number of nitrogens with one attached hydrogen (secondary N) is 5. The second-order valence-corrected chi connectivity index (χ2v) is 23.1. The van der Waals surface area contributed by atoms with Gasteiger partial charge in [0.1, 0.15) is 54.2 Å². The fourth-order valence-electron chi connectivity index (χ4n) is 10.8. The smallest absolute Gasteiger partial charge is 0.691 e. The number of β-amino-alcohol motifs (C(OH)–C–C–N with tert-alkyl or cyclic N) is 1. The predicted octanol–water partition coefficient (Wildman–Crippen LogP) is -5.56. The van der Waals surface area contributed by atoms with Crippen LogP contribution in [0.2, 0.25) is 0 Å². The molecular formula is C60H71N10NaO22S.